The highest BCUT2D eigenvalue weighted by Crippen LogP contribution is 2.30. The van der Waals surface area contributed by atoms with Crippen LogP contribution in [0.15, 0.2) is 42.5 Å². The van der Waals surface area contributed by atoms with Gasteiger partial charge in [-0.3, -0.25) is 13.9 Å². The van der Waals surface area contributed by atoms with Crippen LogP contribution in [0.5, 0.6) is 5.75 Å². The highest BCUT2D eigenvalue weighted by atomic mass is 35.5. The van der Waals surface area contributed by atoms with E-state index in [4.69, 9.17) is 27.9 Å². The third-order valence-electron chi connectivity index (χ3n) is 5.93. The first-order valence-corrected chi connectivity index (χ1v) is 15.1. The number of ether oxygens (including phenoxy) is 1. The maximum atomic E-state index is 13.5. The van der Waals surface area contributed by atoms with Gasteiger partial charge in [-0.15, -0.1) is 0 Å². The Morgan fingerprint density at radius 1 is 1.11 bits per heavy atom. The van der Waals surface area contributed by atoms with Gasteiger partial charge in [-0.05, 0) is 48.6 Å². The van der Waals surface area contributed by atoms with E-state index in [0.717, 1.165) is 6.26 Å². The smallest absolute Gasteiger partial charge is 0.242 e. The molecule has 1 N–H and O–H groups in total. The lowest BCUT2D eigenvalue weighted by atomic mass is 10.1. The van der Waals surface area contributed by atoms with E-state index in [0.29, 0.717) is 40.0 Å². The molecule has 8 nitrogen and oxygen atoms in total. The number of hydrogen-bond donors (Lipinski definition) is 1. The van der Waals surface area contributed by atoms with Crippen LogP contribution in [-0.2, 0) is 26.2 Å². The van der Waals surface area contributed by atoms with Gasteiger partial charge in [0.1, 0.15) is 11.8 Å². The summed E-state index contributed by atoms with van der Waals surface area (Å²) in [5, 5.41) is 3.78. The molecule has 1 atom stereocenters. The van der Waals surface area contributed by atoms with Crippen LogP contribution in [0.1, 0.15) is 45.6 Å². The van der Waals surface area contributed by atoms with E-state index in [-0.39, 0.29) is 43.7 Å². The lowest BCUT2D eigenvalue weighted by Gasteiger charge is -2.31. The van der Waals surface area contributed by atoms with Crippen LogP contribution < -0.4 is 14.4 Å². The second kappa shape index (κ2) is 14.6. The molecule has 210 valence electrons. The number of carbonyl (C=O) groups excluding carboxylic acids is 2. The number of para-hydroxylation sites is 2. The van der Waals surface area contributed by atoms with Crippen molar-refractivity contribution in [1.29, 1.82) is 0 Å². The molecule has 2 amide bonds. The van der Waals surface area contributed by atoms with Crippen molar-refractivity contribution in [1.82, 2.24) is 10.2 Å². The van der Waals surface area contributed by atoms with Gasteiger partial charge in [-0.1, -0.05) is 62.2 Å². The Hall–Kier alpha value is -2.49. The van der Waals surface area contributed by atoms with Crippen LogP contribution in [0.25, 0.3) is 0 Å². The van der Waals surface area contributed by atoms with Gasteiger partial charge >= 0.3 is 0 Å². The number of nitrogens with zero attached hydrogens (tertiary/aromatic N) is 2. The predicted molar refractivity (Wildman–Crippen MR) is 153 cm³/mol. The Morgan fingerprint density at radius 3 is 2.37 bits per heavy atom. The van der Waals surface area contributed by atoms with E-state index in [1.165, 1.54) is 16.3 Å². The minimum absolute atomic E-state index is 0.0281. The van der Waals surface area contributed by atoms with Crippen LogP contribution in [0, 0.1) is 5.92 Å². The summed E-state index contributed by atoms with van der Waals surface area (Å²) in [5.41, 5.74) is 1.06. The first-order chi connectivity index (χ1) is 17.9. The molecule has 11 heteroatoms. The van der Waals surface area contributed by atoms with Crippen LogP contribution in [0.4, 0.5) is 5.69 Å². The first-order valence-electron chi connectivity index (χ1n) is 12.5. The van der Waals surface area contributed by atoms with E-state index in [1.54, 1.807) is 42.5 Å². The fraction of sp³-hybridized carbons (Fsp3) is 0.481. The molecule has 0 aliphatic carbocycles. The fourth-order valence-electron chi connectivity index (χ4n) is 3.99. The average molecular weight is 587 g/mol. The number of carbonyl (C=O) groups is 2. The van der Waals surface area contributed by atoms with Crippen molar-refractivity contribution in [2.45, 2.75) is 52.6 Å². The number of amides is 2. The zero-order valence-corrected chi connectivity index (χ0v) is 24.9. The number of halogens is 2. The number of nitrogens with one attached hydrogen (secondary N) is 1. The maximum Gasteiger partial charge on any atom is 0.242 e. The molecule has 0 aliphatic heterocycles. The molecule has 0 bridgehead atoms. The van der Waals surface area contributed by atoms with Gasteiger partial charge < -0.3 is 15.0 Å². The van der Waals surface area contributed by atoms with Crippen LogP contribution in [0.3, 0.4) is 0 Å². The Labute approximate surface area is 236 Å². The number of sulfonamides is 1. The minimum Gasteiger partial charge on any atom is -0.495 e. The summed E-state index contributed by atoms with van der Waals surface area (Å²) in [7, 11) is -2.17. The number of benzene rings is 2. The van der Waals surface area contributed by atoms with Gasteiger partial charge in [-0.2, -0.15) is 0 Å². The second-order valence-corrected chi connectivity index (χ2v) is 12.2. The summed E-state index contributed by atoms with van der Waals surface area (Å²) >= 11 is 12.4. The SMILES string of the molecule is CC[C@H](C(=O)NCC(C)C)N(Cc1ccc(Cl)cc1Cl)C(=O)CCCN(c1ccccc1OC)S(C)(=O)=O. The number of rotatable bonds is 14. The molecule has 0 saturated carbocycles. The summed E-state index contributed by atoms with van der Waals surface area (Å²) < 4.78 is 31.7. The summed E-state index contributed by atoms with van der Waals surface area (Å²) in [4.78, 5) is 28.1. The van der Waals surface area contributed by atoms with Crippen LogP contribution in [0.2, 0.25) is 10.0 Å². The molecule has 38 heavy (non-hydrogen) atoms. The molecule has 0 fully saturated rings. The maximum absolute atomic E-state index is 13.5. The predicted octanol–water partition coefficient (Wildman–Crippen LogP) is 5.13. The van der Waals surface area contributed by atoms with Gasteiger partial charge in [0.15, 0.2) is 0 Å². The summed E-state index contributed by atoms with van der Waals surface area (Å²) in [6.45, 7) is 6.50. The van der Waals surface area contributed by atoms with E-state index in [9.17, 15) is 18.0 Å². The summed E-state index contributed by atoms with van der Waals surface area (Å²) in [6.07, 6.45) is 1.78. The summed E-state index contributed by atoms with van der Waals surface area (Å²) in [5.74, 6) is 0.141. The monoisotopic (exact) mass is 585 g/mol. The highest BCUT2D eigenvalue weighted by molar-refractivity contribution is 7.92. The highest BCUT2D eigenvalue weighted by Gasteiger charge is 2.29. The lowest BCUT2D eigenvalue weighted by molar-refractivity contribution is -0.141. The normalized spacial score (nSPS) is 12.2. The molecule has 0 aromatic heterocycles. The molecule has 0 spiro atoms. The number of methoxy groups -OCH3 is 1. The zero-order valence-electron chi connectivity index (χ0n) is 22.5. The van der Waals surface area contributed by atoms with Crippen molar-refractivity contribution in [2.75, 3.05) is 30.8 Å². The molecule has 0 aliphatic rings. The van der Waals surface area contributed by atoms with E-state index in [1.807, 2.05) is 20.8 Å². The standard InChI is InChI=1S/C27H37Cl2N3O5S/c1-6-23(27(34)30-17-19(2)3)31(18-20-13-14-21(28)16-22(20)29)26(33)12-9-15-32(38(5,35)36)24-10-7-8-11-25(24)37-4/h7-8,10-11,13-14,16,19,23H,6,9,12,15,17-18H2,1-5H3,(H,30,34)/t23-/m1/s1. The molecule has 2 aromatic carbocycles. The van der Waals surface area contributed by atoms with E-state index >= 15 is 0 Å². The Morgan fingerprint density at radius 2 is 1.79 bits per heavy atom. The van der Waals surface area contributed by atoms with Crippen molar-refractivity contribution in [3.63, 3.8) is 0 Å². The third-order valence-corrected chi connectivity index (χ3v) is 7.70. The van der Waals surface area contributed by atoms with Gasteiger partial charge in [0, 0.05) is 36.1 Å². The molecule has 0 unspecified atom stereocenters. The minimum atomic E-state index is -3.64. The Bertz CT molecular complexity index is 1210. The second-order valence-electron chi connectivity index (χ2n) is 9.43. The molecule has 0 radical (unpaired) electrons. The topological polar surface area (TPSA) is 96.0 Å². The van der Waals surface area contributed by atoms with Gasteiger partial charge in [0.25, 0.3) is 0 Å². The quantitative estimate of drug-likeness (QED) is 0.331. The third kappa shape index (κ3) is 9.06. The molecule has 2 rings (SSSR count). The van der Waals surface area contributed by atoms with Gasteiger partial charge in [-0.25, -0.2) is 8.42 Å². The molecular weight excluding hydrogens is 549 g/mol. The largest absolute Gasteiger partial charge is 0.495 e. The van der Waals surface area contributed by atoms with Crippen molar-refractivity contribution < 1.29 is 22.7 Å². The Kier molecular flexibility index (Phi) is 12.2. The van der Waals surface area contributed by atoms with Crippen LogP contribution in [-0.4, -0.2) is 57.6 Å². The van der Waals surface area contributed by atoms with Crippen molar-refractivity contribution >= 4 is 50.7 Å². The first kappa shape index (κ1) is 31.7. The van der Waals surface area contributed by atoms with E-state index < -0.39 is 16.1 Å². The van der Waals surface area contributed by atoms with Crippen LogP contribution >= 0.6 is 23.2 Å². The number of hydrogen-bond acceptors (Lipinski definition) is 5. The molecule has 2 aromatic rings. The Balaban J connectivity index is 2.27. The average Bonchev–Trinajstić information content (AvgIpc) is 2.85. The molecular formula is C27H37Cl2N3O5S. The van der Waals surface area contributed by atoms with Crippen molar-refractivity contribution in [3.05, 3.63) is 58.1 Å². The lowest BCUT2D eigenvalue weighted by Crippen LogP contribution is -2.49. The van der Waals surface area contributed by atoms with Crippen molar-refractivity contribution in [3.8, 4) is 5.75 Å². The zero-order chi connectivity index (χ0) is 28.5. The van der Waals surface area contributed by atoms with Gasteiger partial charge in [0.2, 0.25) is 21.8 Å². The number of anilines is 1. The summed E-state index contributed by atoms with van der Waals surface area (Å²) in [6, 6.07) is 11.1. The van der Waals surface area contributed by atoms with Crippen molar-refractivity contribution in [2.24, 2.45) is 5.92 Å². The van der Waals surface area contributed by atoms with Gasteiger partial charge in [0.05, 0.1) is 19.1 Å². The fourth-order valence-corrected chi connectivity index (χ4v) is 5.43. The van der Waals surface area contributed by atoms with E-state index in [2.05, 4.69) is 5.32 Å². The molecule has 0 saturated heterocycles. The molecule has 0 heterocycles.